The minimum absolute atomic E-state index is 0.112. The maximum Gasteiger partial charge on any atom is 0.240 e. The number of rotatable bonds is 2. The Labute approximate surface area is 91.4 Å². The van der Waals surface area contributed by atoms with Crippen LogP contribution in [-0.2, 0) is 4.79 Å². The number of hydrogen-bond acceptors (Lipinski definition) is 3. The first-order valence-electron chi connectivity index (χ1n) is 5.89. The van der Waals surface area contributed by atoms with Gasteiger partial charge in [0, 0.05) is 31.7 Å². The van der Waals surface area contributed by atoms with Crippen molar-refractivity contribution in [1.29, 1.82) is 0 Å². The van der Waals surface area contributed by atoms with E-state index in [1.807, 2.05) is 4.90 Å². The van der Waals surface area contributed by atoms with Crippen LogP contribution in [0.1, 0.15) is 26.7 Å². The normalized spacial score (nSPS) is 33.3. The fraction of sp³-hybridized carbons (Fsp3) is 0.909. The van der Waals surface area contributed by atoms with Gasteiger partial charge in [0.05, 0.1) is 6.04 Å². The first-order chi connectivity index (χ1) is 7.09. The van der Waals surface area contributed by atoms with E-state index in [-0.39, 0.29) is 12.1 Å². The van der Waals surface area contributed by atoms with Gasteiger partial charge in [0.2, 0.25) is 5.91 Å². The van der Waals surface area contributed by atoms with Crippen molar-refractivity contribution in [3.63, 3.8) is 0 Å². The highest BCUT2D eigenvalue weighted by Gasteiger charge is 2.38. The predicted molar refractivity (Wildman–Crippen MR) is 59.4 cm³/mol. The fourth-order valence-electron chi connectivity index (χ4n) is 2.64. The molecule has 0 saturated carbocycles. The molecule has 2 heterocycles. The Morgan fingerprint density at radius 2 is 2.07 bits per heavy atom. The number of nitrogens with zero attached hydrogens (tertiary/aromatic N) is 2. The minimum atomic E-state index is 0.112. The van der Waals surface area contributed by atoms with Crippen LogP contribution in [0.3, 0.4) is 0 Å². The molecule has 15 heavy (non-hydrogen) atoms. The molecule has 0 aliphatic carbocycles. The van der Waals surface area contributed by atoms with Crippen LogP contribution >= 0.6 is 0 Å². The predicted octanol–water partition coefficient (Wildman–Crippen LogP) is 0.0287. The van der Waals surface area contributed by atoms with E-state index in [0.29, 0.717) is 11.9 Å². The molecule has 2 aliphatic rings. The highest BCUT2D eigenvalue weighted by molar-refractivity contribution is 5.84. The zero-order chi connectivity index (χ0) is 11.0. The number of carbonyl (C=O) groups excluding carboxylic acids is 1. The summed E-state index contributed by atoms with van der Waals surface area (Å²) >= 11 is 0. The van der Waals surface area contributed by atoms with E-state index in [1.54, 1.807) is 0 Å². The Morgan fingerprint density at radius 1 is 1.33 bits per heavy atom. The second kappa shape index (κ2) is 4.10. The van der Waals surface area contributed by atoms with Crippen LogP contribution in [0.5, 0.6) is 0 Å². The molecule has 1 amide bonds. The topological polar surface area (TPSA) is 49.6 Å². The molecule has 2 rings (SSSR count). The third kappa shape index (κ3) is 2.01. The first-order valence-corrected chi connectivity index (χ1v) is 5.89. The fourth-order valence-corrected chi connectivity index (χ4v) is 2.64. The monoisotopic (exact) mass is 211 g/mol. The SMILES string of the molecule is CC(C)N1CCC(N2CC[C@H](N)C2)C1=O. The largest absolute Gasteiger partial charge is 0.339 e. The van der Waals surface area contributed by atoms with Crippen LogP contribution in [0.15, 0.2) is 0 Å². The van der Waals surface area contributed by atoms with Gasteiger partial charge in [-0.3, -0.25) is 9.69 Å². The molecule has 0 bridgehead atoms. The van der Waals surface area contributed by atoms with Gasteiger partial charge in [-0.05, 0) is 26.7 Å². The molecule has 1 unspecified atom stereocenters. The molecule has 0 aromatic heterocycles. The molecule has 4 heteroatoms. The zero-order valence-corrected chi connectivity index (χ0v) is 9.65. The third-order valence-electron chi connectivity index (χ3n) is 3.53. The highest BCUT2D eigenvalue weighted by Crippen LogP contribution is 2.22. The molecule has 2 saturated heterocycles. The summed E-state index contributed by atoms with van der Waals surface area (Å²) in [5.74, 6) is 0.305. The molecule has 2 aliphatic heterocycles. The highest BCUT2D eigenvalue weighted by atomic mass is 16.2. The third-order valence-corrected chi connectivity index (χ3v) is 3.53. The molecule has 2 atom stereocenters. The van der Waals surface area contributed by atoms with Crippen LogP contribution in [0.2, 0.25) is 0 Å². The number of hydrogen-bond donors (Lipinski definition) is 1. The lowest BCUT2D eigenvalue weighted by Crippen LogP contribution is -2.43. The summed E-state index contributed by atoms with van der Waals surface area (Å²) in [4.78, 5) is 16.3. The molecule has 2 fully saturated rings. The summed E-state index contributed by atoms with van der Waals surface area (Å²) in [5.41, 5.74) is 5.87. The van der Waals surface area contributed by atoms with Crippen molar-refractivity contribution in [2.75, 3.05) is 19.6 Å². The Hall–Kier alpha value is -0.610. The molecule has 4 nitrogen and oxygen atoms in total. The van der Waals surface area contributed by atoms with Crippen molar-refractivity contribution >= 4 is 5.91 Å². The molecule has 2 N–H and O–H groups in total. The van der Waals surface area contributed by atoms with E-state index in [0.717, 1.165) is 32.5 Å². The van der Waals surface area contributed by atoms with E-state index in [2.05, 4.69) is 18.7 Å². The van der Waals surface area contributed by atoms with Crippen LogP contribution in [0.4, 0.5) is 0 Å². The summed E-state index contributed by atoms with van der Waals surface area (Å²) in [6, 6.07) is 0.714. The van der Waals surface area contributed by atoms with Gasteiger partial charge in [-0.25, -0.2) is 0 Å². The van der Waals surface area contributed by atoms with Gasteiger partial charge in [-0.1, -0.05) is 0 Å². The smallest absolute Gasteiger partial charge is 0.240 e. The van der Waals surface area contributed by atoms with E-state index in [4.69, 9.17) is 5.73 Å². The number of nitrogens with two attached hydrogens (primary N) is 1. The average Bonchev–Trinajstić information content (AvgIpc) is 2.71. The lowest BCUT2D eigenvalue weighted by molar-refractivity contribution is -0.133. The first kappa shape index (κ1) is 10.9. The molecule has 0 aromatic rings. The van der Waals surface area contributed by atoms with Crippen LogP contribution in [-0.4, -0.2) is 53.5 Å². The van der Waals surface area contributed by atoms with Crippen LogP contribution in [0.25, 0.3) is 0 Å². The van der Waals surface area contributed by atoms with Gasteiger partial charge in [0.25, 0.3) is 0 Å². The Morgan fingerprint density at radius 3 is 2.53 bits per heavy atom. The molecule has 0 spiro atoms. The summed E-state index contributed by atoms with van der Waals surface area (Å²) in [5, 5.41) is 0. The van der Waals surface area contributed by atoms with E-state index >= 15 is 0 Å². The van der Waals surface area contributed by atoms with Crippen LogP contribution in [0, 0.1) is 0 Å². The zero-order valence-electron chi connectivity index (χ0n) is 9.65. The van der Waals surface area contributed by atoms with Crippen molar-refractivity contribution in [3.8, 4) is 0 Å². The van der Waals surface area contributed by atoms with Crippen molar-refractivity contribution in [1.82, 2.24) is 9.80 Å². The Balaban J connectivity index is 1.98. The van der Waals surface area contributed by atoms with Gasteiger partial charge in [-0.2, -0.15) is 0 Å². The van der Waals surface area contributed by atoms with E-state index in [1.165, 1.54) is 0 Å². The van der Waals surface area contributed by atoms with Gasteiger partial charge in [0.15, 0.2) is 0 Å². The number of amides is 1. The molecular weight excluding hydrogens is 190 g/mol. The maximum atomic E-state index is 12.1. The van der Waals surface area contributed by atoms with Gasteiger partial charge in [0.1, 0.15) is 0 Å². The number of carbonyl (C=O) groups is 1. The Kier molecular flexibility index (Phi) is 2.98. The standard InChI is InChI=1S/C11H21N3O/c1-8(2)14-6-4-10(11(14)15)13-5-3-9(12)7-13/h8-10H,3-7,12H2,1-2H3/t9-,10?/m0/s1. The lowest BCUT2D eigenvalue weighted by atomic mass is 10.2. The second-order valence-corrected chi connectivity index (χ2v) is 4.97. The molecule has 0 radical (unpaired) electrons. The molecular formula is C11H21N3O. The Bertz CT molecular complexity index is 254. The minimum Gasteiger partial charge on any atom is -0.339 e. The molecule has 0 aromatic carbocycles. The van der Waals surface area contributed by atoms with Crippen molar-refractivity contribution < 1.29 is 4.79 Å². The summed E-state index contributed by atoms with van der Waals surface area (Å²) in [6.07, 6.45) is 2.01. The average molecular weight is 211 g/mol. The quantitative estimate of drug-likeness (QED) is 0.701. The maximum absolute atomic E-state index is 12.1. The summed E-state index contributed by atoms with van der Waals surface area (Å²) in [6.45, 7) is 6.95. The summed E-state index contributed by atoms with van der Waals surface area (Å²) in [7, 11) is 0. The van der Waals surface area contributed by atoms with Crippen LogP contribution < -0.4 is 5.73 Å². The number of likely N-dealkylation sites (tertiary alicyclic amines) is 2. The van der Waals surface area contributed by atoms with Crippen molar-refractivity contribution in [2.45, 2.75) is 44.8 Å². The van der Waals surface area contributed by atoms with Gasteiger partial charge < -0.3 is 10.6 Å². The van der Waals surface area contributed by atoms with Gasteiger partial charge >= 0.3 is 0 Å². The van der Waals surface area contributed by atoms with Crippen molar-refractivity contribution in [2.24, 2.45) is 5.73 Å². The second-order valence-electron chi connectivity index (χ2n) is 4.97. The summed E-state index contributed by atoms with van der Waals surface area (Å²) < 4.78 is 0. The van der Waals surface area contributed by atoms with E-state index in [9.17, 15) is 4.79 Å². The lowest BCUT2D eigenvalue weighted by Gasteiger charge is -2.25. The van der Waals surface area contributed by atoms with Crippen molar-refractivity contribution in [3.05, 3.63) is 0 Å². The van der Waals surface area contributed by atoms with E-state index < -0.39 is 0 Å². The van der Waals surface area contributed by atoms with Gasteiger partial charge in [-0.15, -0.1) is 0 Å². The molecule has 86 valence electrons.